The molecule has 1 amide bonds. The fourth-order valence-electron chi connectivity index (χ4n) is 3.87. The molecule has 7 nitrogen and oxygen atoms in total. The molecule has 0 saturated carbocycles. The quantitative estimate of drug-likeness (QED) is 0.463. The Morgan fingerprint density at radius 3 is 2.69 bits per heavy atom. The van der Waals surface area contributed by atoms with Crippen LogP contribution < -0.4 is 10.2 Å². The lowest BCUT2D eigenvalue weighted by Gasteiger charge is -2.30. The Morgan fingerprint density at radius 1 is 1.16 bits per heavy atom. The maximum atomic E-state index is 13.0. The standard InChI is InChI=1S/C24H23N5O2S/c1-16-3-2-8-29-15-20(27-23(16)29)17-4-6-18(7-5-17)26-24(30)22-21(13-19(32)14-25-22)28-9-11-31-12-10-28/h2-8,13-15,32H,9-12H2,1H3,(H,26,30). The Hall–Kier alpha value is -3.36. The lowest BCUT2D eigenvalue weighted by Crippen LogP contribution is -2.37. The molecular formula is C24H23N5O2S. The van der Waals surface area contributed by atoms with Crippen molar-refractivity contribution < 1.29 is 9.53 Å². The van der Waals surface area contributed by atoms with Crippen LogP contribution in [0.4, 0.5) is 11.4 Å². The third-order valence-corrected chi connectivity index (χ3v) is 5.78. The Bertz CT molecular complexity index is 1280. The van der Waals surface area contributed by atoms with Gasteiger partial charge in [0.15, 0.2) is 5.69 Å². The van der Waals surface area contributed by atoms with Crippen molar-refractivity contribution in [3.05, 3.63) is 72.3 Å². The van der Waals surface area contributed by atoms with Gasteiger partial charge in [0.25, 0.3) is 5.91 Å². The number of amides is 1. The second-order valence-electron chi connectivity index (χ2n) is 7.74. The van der Waals surface area contributed by atoms with E-state index in [-0.39, 0.29) is 5.91 Å². The molecule has 0 unspecified atom stereocenters. The minimum atomic E-state index is -0.254. The average molecular weight is 446 g/mol. The number of nitrogens with zero attached hydrogens (tertiary/aromatic N) is 4. The highest BCUT2D eigenvalue weighted by molar-refractivity contribution is 7.80. The van der Waals surface area contributed by atoms with Crippen LogP contribution in [-0.4, -0.2) is 46.6 Å². The number of thiol groups is 1. The minimum Gasteiger partial charge on any atom is -0.378 e. The smallest absolute Gasteiger partial charge is 0.276 e. The van der Waals surface area contributed by atoms with Crippen molar-refractivity contribution in [2.24, 2.45) is 0 Å². The molecule has 1 aliphatic rings. The number of morpholine rings is 1. The maximum absolute atomic E-state index is 13.0. The van der Waals surface area contributed by atoms with Gasteiger partial charge < -0.3 is 19.4 Å². The topological polar surface area (TPSA) is 71.8 Å². The van der Waals surface area contributed by atoms with Crippen molar-refractivity contribution in [2.45, 2.75) is 11.8 Å². The van der Waals surface area contributed by atoms with Gasteiger partial charge in [-0.3, -0.25) is 4.79 Å². The lowest BCUT2D eigenvalue weighted by molar-refractivity contribution is 0.102. The third kappa shape index (κ3) is 4.06. The molecule has 0 atom stereocenters. The molecule has 8 heteroatoms. The first-order valence-corrected chi connectivity index (χ1v) is 10.9. The predicted octanol–water partition coefficient (Wildman–Crippen LogP) is 4.08. The Balaban J connectivity index is 1.36. The van der Waals surface area contributed by atoms with Crippen LogP contribution >= 0.6 is 12.6 Å². The van der Waals surface area contributed by atoms with Gasteiger partial charge in [-0.15, -0.1) is 12.6 Å². The van der Waals surface area contributed by atoms with Crippen LogP contribution in [0.3, 0.4) is 0 Å². The van der Waals surface area contributed by atoms with E-state index in [0.717, 1.165) is 33.1 Å². The number of aryl methyl sites for hydroxylation is 1. The van der Waals surface area contributed by atoms with Gasteiger partial charge in [0.1, 0.15) is 5.65 Å². The number of carbonyl (C=O) groups is 1. The van der Waals surface area contributed by atoms with E-state index in [9.17, 15) is 4.79 Å². The molecule has 0 radical (unpaired) electrons. The maximum Gasteiger partial charge on any atom is 0.276 e. The molecule has 162 valence electrons. The summed E-state index contributed by atoms with van der Waals surface area (Å²) >= 11 is 4.40. The van der Waals surface area contributed by atoms with Crippen LogP contribution in [0.1, 0.15) is 16.1 Å². The van der Waals surface area contributed by atoms with E-state index in [2.05, 4.69) is 27.8 Å². The number of anilines is 2. The molecule has 0 aliphatic carbocycles. The number of ether oxygens (including phenoxy) is 1. The molecule has 1 fully saturated rings. The molecule has 1 aromatic carbocycles. The van der Waals surface area contributed by atoms with Crippen LogP contribution in [-0.2, 0) is 4.74 Å². The number of pyridine rings is 2. The lowest BCUT2D eigenvalue weighted by atomic mass is 10.1. The zero-order valence-electron chi connectivity index (χ0n) is 17.7. The van der Waals surface area contributed by atoms with Crippen molar-refractivity contribution >= 4 is 35.6 Å². The number of nitrogens with one attached hydrogen (secondary N) is 1. The summed E-state index contributed by atoms with van der Waals surface area (Å²) in [5, 5.41) is 2.96. The van der Waals surface area contributed by atoms with Crippen molar-refractivity contribution in [1.29, 1.82) is 0 Å². The summed E-state index contributed by atoms with van der Waals surface area (Å²) < 4.78 is 7.45. The fourth-order valence-corrected chi connectivity index (χ4v) is 4.05. The van der Waals surface area contributed by atoms with Crippen LogP contribution in [0.2, 0.25) is 0 Å². The Morgan fingerprint density at radius 2 is 1.94 bits per heavy atom. The third-order valence-electron chi connectivity index (χ3n) is 5.54. The van der Waals surface area contributed by atoms with Crippen LogP contribution in [0, 0.1) is 6.92 Å². The van der Waals surface area contributed by atoms with Gasteiger partial charge in [-0.05, 0) is 36.8 Å². The van der Waals surface area contributed by atoms with Crippen molar-refractivity contribution in [1.82, 2.24) is 14.4 Å². The van der Waals surface area contributed by atoms with Gasteiger partial charge in [-0.25, -0.2) is 9.97 Å². The first kappa shape index (κ1) is 20.5. The zero-order chi connectivity index (χ0) is 22.1. The first-order valence-electron chi connectivity index (χ1n) is 10.5. The van der Waals surface area contributed by atoms with E-state index in [1.807, 2.05) is 66.2 Å². The van der Waals surface area contributed by atoms with Gasteiger partial charge in [0.2, 0.25) is 0 Å². The summed E-state index contributed by atoms with van der Waals surface area (Å²) in [6, 6.07) is 13.6. The van der Waals surface area contributed by atoms with Crippen LogP contribution in [0.25, 0.3) is 16.9 Å². The highest BCUT2D eigenvalue weighted by atomic mass is 32.1. The highest BCUT2D eigenvalue weighted by Gasteiger charge is 2.21. The minimum absolute atomic E-state index is 0.254. The van der Waals surface area contributed by atoms with Gasteiger partial charge in [-0.1, -0.05) is 18.2 Å². The van der Waals surface area contributed by atoms with E-state index in [4.69, 9.17) is 9.72 Å². The molecule has 4 aromatic rings. The normalized spacial score (nSPS) is 14.0. The first-order chi connectivity index (χ1) is 15.6. The van der Waals surface area contributed by atoms with Gasteiger partial charge in [-0.2, -0.15) is 0 Å². The Labute approximate surface area is 191 Å². The summed E-state index contributed by atoms with van der Waals surface area (Å²) in [6.07, 6.45) is 5.59. The molecule has 4 heterocycles. The number of aromatic nitrogens is 3. The van der Waals surface area contributed by atoms with E-state index >= 15 is 0 Å². The van der Waals surface area contributed by atoms with E-state index in [1.54, 1.807) is 6.20 Å². The van der Waals surface area contributed by atoms with Gasteiger partial charge >= 0.3 is 0 Å². The summed E-state index contributed by atoms with van der Waals surface area (Å²) in [6.45, 7) is 4.73. The molecule has 1 saturated heterocycles. The largest absolute Gasteiger partial charge is 0.378 e. The average Bonchev–Trinajstić information content (AvgIpc) is 3.26. The van der Waals surface area contributed by atoms with Gasteiger partial charge in [0, 0.05) is 47.8 Å². The second-order valence-corrected chi connectivity index (χ2v) is 8.26. The number of hydrogen-bond acceptors (Lipinski definition) is 6. The Kier molecular flexibility index (Phi) is 5.55. The van der Waals surface area contributed by atoms with Gasteiger partial charge in [0.05, 0.1) is 24.6 Å². The molecule has 32 heavy (non-hydrogen) atoms. The number of carbonyl (C=O) groups excluding carboxylic acids is 1. The van der Waals surface area contributed by atoms with Crippen molar-refractivity contribution in [2.75, 3.05) is 36.5 Å². The number of fused-ring (bicyclic) bond motifs is 1. The second kappa shape index (κ2) is 8.64. The van der Waals surface area contributed by atoms with Crippen LogP contribution in [0.15, 0.2) is 66.0 Å². The van der Waals surface area contributed by atoms with E-state index < -0.39 is 0 Å². The number of benzene rings is 1. The summed E-state index contributed by atoms with van der Waals surface area (Å²) in [4.78, 5) is 25.0. The van der Waals surface area contributed by atoms with E-state index in [1.165, 1.54) is 0 Å². The fraction of sp³-hybridized carbons (Fsp3) is 0.208. The molecule has 1 N–H and O–H groups in total. The predicted molar refractivity (Wildman–Crippen MR) is 128 cm³/mol. The number of hydrogen-bond donors (Lipinski definition) is 2. The molecule has 0 spiro atoms. The van der Waals surface area contributed by atoms with Crippen LogP contribution in [0.5, 0.6) is 0 Å². The summed E-state index contributed by atoms with van der Waals surface area (Å²) in [5.41, 5.74) is 5.78. The molecule has 0 bridgehead atoms. The number of imidazole rings is 1. The zero-order valence-corrected chi connectivity index (χ0v) is 18.5. The monoisotopic (exact) mass is 445 g/mol. The molecule has 3 aromatic heterocycles. The molecule has 1 aliphatic heterocycles. The van der Waals surface area contributed by atoms with Crippen molar-refractivity contribution in [3.63, 3.8) is 0 Å². The SMILES string of the molecule is Cc1cccn2cc(-c3ccc(NC(=O)c4ncc(S)cc4N4CCOCC4)cc3)nc12. The summed E-state index contributed by atoms with van der Waals surface area (Å²) in [5.74, 6) is -0.254. The van der Waals surface area contributed by atoms with Crippen molar-refractivity contribution in [3.8, 4) is 11.3 Å². The van der Waals surface area contributed by atoms with E-state index in [0.29, 0.717) is 37.7 Å². The summed E-state index contributed by atoms with van der Waals surface area (Å²) in [7, 11) is 0. The molecule has 5 rings (SSSR count). The highest BCUT2D eigenvalue weighted by Crippen LogP contribution is 2.26. The number of rotatable bonds is 4. The molecular weight excluding hydrogens is 422 g/mol.